The highest BCUT2D eigenvalue weighted by molar-refractivity contribution is 5.81. The predicted molar refractivity (Wildman–Crippen MR) is 71.9 cm³/mol. The van der Waals surface area contributed by atoms with Crippen LogP contribution in [0, 0.1) is 11.8 Å². The fourth-order valence-electron chi connectivity index (χ4n) is 2.48. The normalized spacial score (nSPS) is 19.7. The van der Waals surface area contributed by atoms with Crippen LogP contribution in [0.5, 0.6) is 0 Å². The highest BCUT2D eigenvalue weighted by Crippen LogP contribution is 2.28. The summed E-state index contributed by atoms with van der Waals surface area (Å²) < 4.78 is 0. The van der Waals surface area contributed by atoms with E-state index in [1.54, 1.807) is 4.90 Å². The molecule has 2 rings (SSSR count). The van der Waals surface area contributed by atoms with Crippen molar-refractivity contribution in [3.05, 3.63) is 0 Å². The van der Waals surface area contributed by atoms with E-state index < -0.39 is 5.97 Å². The first-order valence-corrected chi connectivity index (χ1v) is 7.36. The van der Waals surface area contributed by atoms with Crippen LogP contribution in [0.25, 0.3) is 0 Å². The van der Waals surface area contributed by atoms with Gasteiger partial charge < -0.3 is 15.3 Å². The van der Waals surface area contributed by atoms with Crippen LogP contribution >= 0.6 is 0 Å². The first-order chi connectivity index (χ1) is 9.58. The van der Waals surface area contributed by atoms with E-state index >= 15 is 0 Å². The summed E-state index contributed by atoms with van der Waals surface area (Å²) in [5, 5.41) is 11.7. The summed E-state index contributed by atoms with van der Waals surface area (Å²) in [5.41, 5.74) is 0. The number of carboxylic acids is 1. The summed E-state index contributed by atoms with van der Waals surface area (Å²) in [6.45, 7) is 1.61. The quantitative estimate of drug-likeness (QED) is 0.699. The lowest BCUT2D eigenvalue weighted by atomic mass is 9.97. The number of piperidine rings is 1. The summed E-state index contributed by atoms with van der Waals surface area (Å²) in [7, 11) is 0. The van der Waals surface area contributed by atoms with E-state index in [-0.39, 0.29) is 23.7 Å². The number of aliphatic carboxylic acids is 1. The minimum absolute atomic E-state index is 0.0644. The second-order valence-corrected chi connectivity index (χ2v) is 5.66. The molecule has 2 aliphatic rings. The Kier molecular flexibility index (Phi) is 4.98. The molecule has 0 unspecified atom stereocenters. The molecule has 0 bridgehead atoms. The van der Waals surface area contributed by atoms with Crippen molar-refractivity contribution < 1.29 is 19.5 Å². The van der Waals surface area contributed by atoms with Gasteiger partial charge in [-0.05, 0) is 32.1 Å². The van der Waals surface area contributed by atoms with Gasteiger partial charge in [0, 0.05) is 32.0 Å². The lowest BCUT2D eigenvalue weighted by Crippen LogP contribution is -2.40. The number of nitrogens with zero attached hydrogens (tertiary/aromatic N) is 1. The third-order valence-electron chi connectivity index (χ3n) is 4.01. The molecule has 2 amide bonds. The maximum absolute atomic E-state index is 11.9. The summed E-state index contributed by atoms with van der Waals surface area (Å²) in [5.74, 6) is -0.688. The van der Waals surface area contributed by atoms with Crippen molar-refractivity contribution in [2.24, 2.45) is 11.8 Å². The number of hydrogen-bond acceptors (Lipinski definition) is 3. The first kappa shape index (κ1) is 14.8. The van der Waals surface area contributed by atoms with Crippen molar-refractivity contribution >= 4 is 17.8 Å². The van der Waals surface area contributed by atoms with Crippen molar-refractivity contribution in [3.8, 4) is 0 Å². The van der Waals surface area contributed by atoms with Crippen LogP contribution < -0.4 is 5.32 Å². The van der Waals surface area contributed by atoms with E-state index in [2.05, 4.69) is 5.32 Å². The molecule has 0 aromatic heterocycles. The number of carboxylic acid groups (broad SMARTS) is 1. The predicted octanol–water partition coefficient (Wildman–Crippen LogP) is 0.616. The van der Waals surface area contributed by atoms with Crippen LogP contribution in [-0.2, 0) is 14.4 Å². The Bertz CT molecular complexity index is 385. The van der Waals surface area contributed by atoms with E-state index in [1.165, 1.54) is 0 Å². The molecule has 1 aliphatic carbocycles. The molecule has 6 nitrogen and oxygen atoms in total. The first-order valence-electron chi connectivity index (χ1n) is 7.36. The molecule has 1 saturated carbocycles. The van der Waals surface area contributed by atoms with Crippen LogP contribution in [0.2, 0.25) is 0 Å². The Morgan fingerprint density at radius 3 is 2.25 bits per heavy atom. The standard InChI is InChI=1S/C14H22N2O4/c17-12(2-1-7-15-13(18)10-3-4-10)16-8-5-11(6-9-16)14(19)20/h10-11H,1-9H2,(H,15,18)(H,19,20). The van der Waals surface area contributed by atoms with Crippen molar-refractivity contribution in [2.75, 3.05) is 19.6 Å². The van der Waals surface area contributed by atoms with Gasteiger partial charge in [-0.2, -0.15) is 0 Å². The summed E-state index contributed by atoms with van der Waals surface area (Å²) in [6, 6.07) is 0. The molecular formula is C14H22N2O4. The zero-order chi connectivity index (χ0) is 14.5. The summed E-state index contributed by atoms with van der Waals surface area (Å²) in [6.07, 6.45) is 4.13. The molecule has 1 aliphatic heterocycles. The Balaban J connectivity index is 1.58. The van der Waals surface area contributed by atoms with E-state index in [0.717, 1.165) is 12.8 Å². The minimum Gasteiger partial charge on any atom is -0.481 e. The smallest absolute Gasteiger partial charge is 0.306 e. The molecule has 0 aromatic rings. The molecular weight excluding hydrogens is 260 g/mol. The van der Waals surface area contributed by atoms with E-state index in [1.807, 2.05) is 0 Å². The summed E-state index contributed by atoms with van der Waals surface area (Å²) >= 11 is 0. The monoisotopic (exact) mass is 282 g/mol. The van der Waals surface area contributed by atoms with Crippen molar-refractivity contribution in [2.45, 2.75) is 38.5 Å². The number of likely N-dealkylation sites (tertiary alicyclic amines) is 1. The SMILES string of the molecule is O=C(O)C1CCN(C(=O)CCCNC(=O)C2CC2)CC1. The van der Waals surface area contributed by atoms with Gasteiger partial charge in [0.2, 0.25) is 11.8 Å². The van der Waals surface area contributed by atoms with Gasteiger partial charge >= 0.3 is 5.97 Å². The van der Waals surface area contributed by atoms with Crippen LogP contribution in [-0.4, -0.2) is 47.4 Å². The molecule has 1 saturated heterocycles. The highest BCUT2D eigenvalue weighted by atomic mass is 16.4. The molecule has 2 fully saturated rings. The van der Waals surface area contributed by atoms with Crippen molar-refractivity contribution in [1.82, 2.24) is 10.2 Å². The Labute approximate surface area is 118 Å². The van der Waals surface area contributed by atoms with Gasteiger partial charge in [0.25, 0.3) is 0 Å². The van der Waals surface area contributed by atoms with Crippen molar-refractivity contribution in [1.29, 1.82) is 0 Å². The van der Waals surface area contributed by atoms with Crippen LogP contribution in [0.3, 0.4) is 0 Å². The summed E-state index contributed by atoms with van der Waals surface area (Å²) in [4.78, 5) is 35.9. The van der Waals surface area contributed by atoms with Gasteiger partial charge in [-0.25, -0.2) is 0 Å². The highest BCUT2D eigenvalue weighted by Gasteiger charge is 2.29. The maximum Gasteiger partial charge on any atom is 0.306 e. The molecule has 1 heterocycles. The fraction of sp³-hybridized carbons (Fsp3) is 0.786. The molecule has 0 spiro atoms. The average molecular weight is 282 g/mol. The number of nitrogens with one attached hydrogen (secondary N) is 1. The zero-order valence-electron chi connectivity index (χ0n) is 11.6. The molecule has 112 valence electrons. The number of carbonyl (C=O) groups excluding carboxylic acids is 2. The molecule has 0 atom stereocenters. The lowest BCUT2D eigenvalue weighted by Gasteiger charge is -2.30. The third-order valence-corrected chi connectivity index (χ3v) is 4.01. The molecule has 6 heteroatoms. The molecule has 20 heavy (non-hydrogen) atoms. The van der Waals surface area contributed by atoms with Gasteiger partial charge in [-0.15, -0.1) is 0 Å². The minimum atomic E-state index is -0.764. The number of rotatable bonds is 6. The maximum atomic E-state index is 11.9. The van der Waals surface area contributed by atoms with Gasteiger partial charge in [-0.3, -0.25) is 14.4 Å². The Hall–Kier alpha value is -1.59. The second-order valence-electron chi connectivity index (χ2n) is 5.66. The van der Waals surface area contributed by atoms with Gasteiger partial charge in [0.1, 0.15) is 0 Å². The number of carbonyl (C=O) groups is 3. The van der Waals surface area contributed by atoms with E-state index in [4.69, 9.17) is 5.11 Å². The Morgan fingerprint density at radius 1 is 1.05 bits per heavy atom. The second kappa shape index (κ2) is 6.72. The van der Waals surface area contributed by atoms with Crippen LogP contribution in [0.4, 0.5) is 0 Å². The topological polar surface area (TPSA) is 86.7 Å². The van der Waals surface area contributed by atoms with Gasteiger partial charge in [0.15, 0.2) is 0 Å². The Morgan fingerprint density at radius 2 is 1.70 bits per heavy atom. The molecule has 0 radical (unpaired) electrons. The van der Waals surface area contributed by atoms with E-state index in [9.17, 15) is 14.4 Å². The van der Waals surface area contributed by atoms with Crippen LogP contribution in [0.15, 0.2) is 0 Å². The van der Waals surface area contributed by atoms with Gasteiger partial charge in [-0.1, -0.05) is 0 Å². The van der Waals surface area contributed by atoms with Crippen molar-refractivity contribution in [3.63, 3.8) is 0 Å². The van der Waals surface area contributed by atoms with Crippen LogP contribution in [0.1, 0.15) is 38.5 Å². The number of amides is 2. The molecule has 2 N–H and O–H groups in total. The van der Waals surface area contributed by atoms with Gasteiger partial charge in [0.05, 0.1) is 5.92 Å². The number of hydrogen-bond donors (Lipinski definition) is 2. The lowest BCUT2D eigenvalue weighted by molar-refractivity contribution is -0.145. The zero-order valence-corrected chi connectivity index (χ0v) is 11.6. The third kappa shape index (κ3) is 4.21. The van der Waals surface area contributed by atoms with E-state index in [0.29, 0.717) is 45.3 Å². The fourth-order valence-corrected chi connectivity index (χ4v) is 2.48. The largest absolute Gasteiger partial charge is 0.481 e. The molecule has 0 aromatic carbocycles. The average Bonchev–Trinajstić information content (AvgIpc) is 3.27.